The molecule has 0 heterocycles. The van der Waals surface area contributed by atoms with Gasteiger partial charge in [0.05, 0.1) is 6.10 Å². The van der Waals surface area contributed by atoms with E-state index >= 15 is 0 Å². The zero-order valence-electron chi connectivity index (χ0n) is 11.4. The Morgan fingerprint density at radius 2 is 1.94 bits per heavy atom. The highest BCUT2D eigenvalue weighted by molar-refractivity contribution is 5.76. The minimum Gasteiger partial charge on any atom is -0.392 e. The first-order chi connectivity index (χ1) is 8.52. The van der Waals surface area contributed by atoms with Crippen molar-refractivity contribution < 1.29 is 9.90 Å². The molecule has 0 aliphatic carbocycles. The maximum atomic E-state index is 11.7. The van der Waals surface area contributed by atoms with Crippen molar-refractivity contribution in [2.75, 3.05) is 6.54 Å². The minimum absolute atomic E-state index is 0.00308. The Balaban J connectivity index is 2.56. The lowest BCUT2D eigenvalue weighted by atomic mass is 9.92. The van der Waals surface area contributed by atoms with Crippen molar-refractivity contribution in [2.45, 2.75) is 45.6 Å². The maximum absolute atomic E-state index is 11.7. The van der Waals surface area contributed by atoms with Crippen LogP contribution >= 0.6 is 0 Å². The van der Waals surface area contributed by atoms with Gasteiger partial charge in [0, 0.05) is 13.0 Å². The third-order valence-corrected chi connectivity index (χ3v) is 3.07. The summed E-state index contributed by atoms with van der Waals surface area (Å²) < 4.78 is 0. The number of hydrogen-bond donors (Lipinski definition) is 2. The number of amides is 1. The molecule has 0 saturated heterocycles. The molecular formula is C15H23NO2. The summed E-state index contributed by atoms with van der Waals surface area (Å²) in [5, 5.41) is 11.9. The number of carbonyl (C=O) groups is 1. The van der Waals surface area contributed by atoms with Crippen LogP contribution in [0.15, 0.2) is 24.3 Å². The summed E-state index contributed by atoms with van der Waals surface area (Å²) in [6, 6.07) is 8.33. The van der Waals surface area contributed by atoms with Gasteiger partial charge in [-0.1, -0.05) is 36.8 Å². The van der Waals surface area contributed by atoms with Gasteiger partial charge in [-0.05, 0) is 31.7 Å². The van der Waals surface area contributed by atoms with Crippen LogP contribution in [-0.4, -0.2) is 23.7 Å². The van der Waals surface area contributed by atoms with Crippen LogP contribution in [0.1, 0.15) is 43.7 Å². The van der Waals surface area contributed by atoms with E-state index in [-0.39, 0.29) is 11.8 Å². The monoisotopic (exact) mass is 249 g/mol. The summed E-state index contributed by atoms with van der Waals surface area (Å²) in [7, 11) is 0. The van der Waals surface area contributed by atoms with Crippen LogP contribution in [0.4, 0.5) is 0 Å². The molecule has 1 aromatic rings. The summed E-state index contributed by atoms with van der Waals surface area (Å²) >= 11 is 0. The highest BCUT2D eigenvalue weighted by Crippen LogP contribution is 2.23. The second kappa shape index (κ2) is 7.17. The Kier molecular flexibility index (Phi) is 5.86. The van der Waals surface area contributed by atoms with E-state index in [1.165, 1.54) is 11.1 Å². The van der Waals surface area contributed by atoms with Crippen LogP contribution in [0.25, 0.3) is 0 Å². The standard InChI is InChI=1S/C15H23NO2/c1-4-13(9-15(18)16-10-12(3)17)14-7-5-11(2)6-8-14/h5-8,12-13,17H,4,9-10H2,1-3H3,(H,16,18). The lowest BCUT2D eigenvalue weighted by Gasteiger charge is -2.16. The largest absolute Gasteiger partial charge is 0.392 e. The predicted octanol–water partition coefficient (Wildman–Crippen LogP) is 2.38. The van der Waals surface area contributed by atoms with E-state index < -0.39 is 6.10 Å². The van der Waals surface area contributed by atoms with E-state index in [4.69, 9.17) is 5.11 Å². The van der Waals surface area contributed by atoms with E-state index in [1.807, 2.05) is 0 Å². The molecule has 1 amide bonds. The summed E-state index contributed by atoms with van der Waals surface area (Å²) in [4.78, 5) is 11.7. The second-order valence-corrected chi connectivity index (χ2v) is 4.87. The second-order valence-electron chi connectivity index (χ2n) is 4.87. The number of aliphatic hydroxyl groups excluding tert-OH is 1. The molecule has 0 saturated carbocycles. The van der Waals surface area contributed by atoms with Crippen LogP contribution in [0.5, 0.6) is 0 Å². The molecule has 0 bridgehead atoms. The number of benzene rings is 1. The average molecular weight is 249 g/mol. The van der Waals surface area contributed by atoms with Gasteiger partial charge < -0.3 is 10.4 Å². The molecule has 2 N–H and O–H groups in total. The number of rotatable bonds is 6. The molecule has 100 valence electrons. The molecule has 3 nitrogen and oxygen atoms in total. The van der Waals surface area contributed by atoms with Gasteiger partial charge in [0.2, 0.25) is 5.91 Å². The van der Waals surface area contributed by atoms with Crippen LogP contribution in [0.2, 0.25) is 0 Å². The quantitative estimate of drug-likeness (QED) is 0.813. The van der Waals surface area contributed by atoms with Crippen LogP contribution in [0, 0.1) is 6.92 Å². The van der Waals surface area contributed by atoms with E-state index in [0.29, 0.717) is 13.0 Å². The number of carbonyl (C=O) groups excluding carboxylic acids is 1. The molecule has 3 heteroatoms. The Hall–Kier alpha value is -1.35. The zero-order chi connectivity index (χ0) is 13.5. The Morgan fingerprint density at radius 3 is 2.44 bits per heavy atom. The summed E-state index contributed by atoms with van der Waals surface area (Å²) in [6.07, 6.45) is 0.922. The Bertz CT molecular complexity index is 371. The topological polar surface area (TPSA) is 49.3 Å². The van der Waals surface area contributed by atoms with Crippen molar-refractivity contribution in [1.82, 2.24) is 5.32 Å². The summed E-state index contributed by atoms with van der Waals surface area (Å²) in [6.45, 7) is 6.13. The van der Waals surface area contributed by atoms with Gasteiger partial charge in [0.15, 0.2) is 0 Å². The van der Waals surface area contributed by atoms with Gasteiger partial charge in [-0.2, -0.15) is 0 Å². The SMILES string of the molecule is CCC(CC(=O)NCC(C)O)c1ccc(C)cc1. The van der Waals surface area contributed by atoms with Crippen molar-refractivity contribution in [2.24, 2.45) is 0 Å². The van der Waals surface area contributed by atoms with Crippen molar-refractivity contribution in [3.63, 3.8) is 0 Å². The van der Waals surface area contributed by atoms with E-state index in [9.17, 15) is 4.79 Å². The van der Waals surface area contributed by atoms with E-state index in [2.05, 4.69) is 43.4 Å². The highest BCUT2D eigenvalue weighted by Gasteiger charge is 2.14. The number of hydrogen-bond acceptors (Lipinski definition) is 2. The summed E-state index contributed by atoms with van der Waals surface area (Å²) in [5.74, 6) is 0.253. The molecule has 0 aliphatic heterocycles. The predicted molar refractivity (Wildman–Crippen MR) is 73.5 cm³/mol. The number of aryl methyl sites for hydroxylation is 1. The van der Waals surface area contributed by atoms with Crippen LogP contribution in [0.3, 0.4) is 0 Å². The summed E-state index contributed by atoms with van der Waals surface area (Å²) in [5.41, 5.74) is 2.43. The molecule has 2 unspecified atom stereocenters. The third kappa shape index (κ3) is 4.88. The maximum Gasteiger partial charge on any atom is 0.220 e. The van der Waals surface area contributed by atoms with Gasteiger partial charge >= 0.3 is 0 Å². The molecule has 18 heavy (non-hydrogen) atoms. The van der Waals surface area contributed by atoms with Crippen molar-refractivity contribution in [3.05, 3.63) is 35.4 Å². The van der Waals surface area contributed by atoms with Crippen molar-refractivity contribution in [1.29, 1.82) is 0 Å². The molecular weight excluding hydrogens is 226 g/mol. The molecule has 0 aromatic heterocycles. The highest BCUT2D eigenvalue weighted by atomic mass is 16.3. The van der Waals surface area contributed by atoms with Crippen molar-refractivity contribution >= 4 is 5.91 Å². The van der Waals surface area contributed by atoms with Gasteiger partial charge in [-0.3, -0.25) is 4.79 Å². The molecule has 1 aromatic carbocycles. The van der Waals surface area contributed by atoms with Gasteiger partial charge in [0.25, 0.3) is 0 Å². The smallest absolute Gasteiger partial charge is 0.220 e. The Morgan fingerprint density at radius 1 is 1.33 bits per heavy atom. The third-order valence-electron chi connectivity index (χ3n) is 3.07. The first-order valence-corrected chi connectivity index (χ1v) is 6.54. The zero-order valence-corrected chi connectivity index (χ0v) is 11.4. The molecule has 0 aliphatic rings. The van der Waals surface area contributed by atoms with Gasteiger partial charge in [-0.15, -0.1) is 0 Å². The number of aliphatic hydroxyl groups is 1. The van der Waals surface area contributed by atoms with Crippen molar-refractivity contribution in [3.8, 4) is 0 Å². The molecule has 1 rings (SSSR count). The van der Waals surface area contributed by atoms with Gasteiger partial charge in [0.1, 0.15) is 0 Å². The molecule has 2 atom stereocenters. The fraction of sp³-hybridized carbons (Fsp3) is 0.533. The molecule has 0 spiro atoms. The number of nitrogens with one attached hydrogen (secondary N) is 1. The fourth-order valence-corrected chi connectivity index (χ4v) is 1.89. The minimum atomic E-state index is -0.492. The molecule has 0 radical (unpaired) electrons. The van der Waals surface area contributed by atoms with Gasteiger partial charge in [-0.25, -0.2) is 0 Å². The first kappa shape index (κ1) is 14.7. The normalized spacial score (nSPS) is 14.0. The first-order valence-electron chi connectivity index (χ1n) is 6.54. The lowest BCUT2D eigenvalue weighted by molar-refractivity contribution is -0.121. The van der Waals surface area contributed by atoms with E-state index in [0.717, 1.165) is 6.42 Å². The van der Waals surface area contributed by atoms with Crippen LogP contribution in [-0.2, 0) is 4.79 Å². The fourth-order valence-electron chi connectivity index (χ4n) is 1.89. The lowest BCUT2D eigenvalue weighted by Crippen LogP contribution is -2.31. The molecule has 0 fully saturated rings. The Labute approximate surface area is 109 Å². The van der Waals surface area contributed by atoms with E-state index in [1.54, 1.807) is 6.92 Å². The average Bonchev–Trinajstić information content (AvgIpc) is 2.34. The van der Waals surface area contributed by atoms with Crippen LogP contribution < -0.4 is 5.32 Å².